The highest BCUT2D eigenvalue weighted by atomic mass is 35.5. The van der Waals surface area contributed by atoms with Crippen LogP contribution in [0.25, 0.3) is 0 Å². The highest BCUT2D eigenvalue weighted by molar-refractivity contribution is 6.36. The van der Waals surface area contributed by atoms with Gasteiger partial charge in [-0.15, -0.1) is 0 Å². The SMILES string of the molecule is CCOC(=O)c1ccc2c(c1)C(=O)N(c1ccc(Oc3ccccc3)c(Cl)c1)C2=O. The molecule has 0 radical (unpaired) electrons. The molecule has 0 saturated heterocycles. The Bertz CT molecular complexity index is 1160. The number of hydrogen-bond acceptors (Lipinski definition) is 5. The van der Waals surface area contributed by atoms with Crippen molar-refractivity contribution in [1.82, 2.24) is 0 Å². The lowest BCUT2D eigenvalue weighted by Crippen LogP contribution is -2.29. The average Bonchev–Trinajstić information content (AvgIpc) is 3.00. The van der Waals surface area contributed by atoms with E-state index >= 15 is 0 Å². The van der Waals surface area contributed by atoms with Crippen LogP contribution in [0.1, 0.15) is 38.0 Å². The third kappa shape index (κ3) is 3.53. The summed E-state index contributed by atoms with van der Waals surface area (Å²) in [6, 6.07) is 18.1. The molecule has 2 amide bonds. The Labute approximate surface area is 177 Å². The van der Waals surface area contributed by atoms with Crippen molar-refractivity contribution in [2.75, 3.05) is 11.5 Å². The Morgan fingerprint density at radius 1 is 0.933 bits per heavy atom. The number of fused-ring (bicyclic) bond motifs is 1. The number of rotatable bonds is 5. The first kappa shape index (κ1) is 19.7. The molecule has 0 bridgehead atoms. The topological polar surface area (TPSA) is 72.9 Å². The number of anilines is 1. The number of esters is 1. The molecule has 0 N–H and O–H groups in total. The molecule has 30 heavy (non-hydrogen) atoms. The molecule has 7 heteroatoms. The van der Waals surface area contributed by atoms with Crippen molar-refractivity contribution in [2.45, 2.75) is 6.92 Å². The molecule has 0 aromatic heterocycles. The van der Waals surface area contributed by atoms with Gasteiger partial charge in [-0.3, -0.25) is 9.59 Å². The van der Waals surface area contributed by atoms with E-state index in [9.17, 15) is 14.4 Å². The van der Waals surface area contributed by atoms with Gasteiger partial charge in [-0.25, -0.2) is 9.69 Å². The lowest BCUT2D eigenvalue weighted by atomic mass is 10.1. The number of benzene rings is 3. The average molecular weight is 422 g/mol. The van der Waals surface area contributed by atoms with Crippen LogP contribution in [0.4, 0.5) is 5.69 Å². The summed E-state index contributed by atoms with van der Waals surface area (Å²) in [6.45, 7) is 1.90. The molecule has 0 aliphatic carbocycles. The molecule has 6 nitrogen and oxygen atoms in total. The zero-order valence-corrected chi connectivity index (χ0v) is 16.7. The fraction of sp³-hybridized carbons (Fsp3) is 0.0870. The molecule has 0 unspecified atom stereocenters. The van der Waals surface area contributed by atoms with E-state index in [1.165, 1.54) is 24.3 Å². The minimum atomic E-state index is -0.551. The smallest absolute Gasteiger partial charge is 0.338 e. The maximum absolute atomic E-state index is 12.9. The number of carbonyl (C=O) groups excluding carboxylic acids is 3. The zero-order chi connectivity index (χ0) is 21.3. The van der Waals surface area contributed by atoms with Crippen LogP contribution < -0.4 is 9.64 Å². The second-order valence-electron chi connectivity index (χ2n) is 6.46. The van der Waals surface area contributed by atoms with E-state index in [1.54, 1.807) is 31.2 Å². The highest BCUT2D eigenvalue weighted by Gasteiger charge is 2.37. The van der Waals surface area contributed by atoms with Crippen molar-refractivity contribution in [1.29, 1.82) is 0 Å². The summed E-state index contributed by atoms with van der Waals surface area (Å²) >= 11 is 6.33. The van der Waals surface area contributed by atoms with Gasteiger partial charge in [-0.1, -0.05) is 29.8 Å². The van der Waals surface area contributed by atoms with E-state index in [-0.39, 0.29) is 28.3 Å². The van der Waals surface area contributed by atoms with Crippen molar-refractivity contribution >= 4 is 35.1 Å². The Balaban J connectivity index is 1.62. The first-order valence-electron chi connectivity index (χ1n) is 9.22. The number of carbonyl (C=O) groups is 3. The van der Waals surface area contributed by atoms with Crippen molar-refractivity contribution in [3.63, 3.8) is 0 Å². The predicted molar refractivity (Wildman–Crippen MR) is 112 cm³/mol. The summed E-state index contributed by atoms with van der Waals surface area (Å²) in [6.07, 6.45) is 0. The van der Waals surface area contributed by atoms with E-state index in [1.807, 2.05) is 18.2 Å². The van der Waals surface area contributed by atoms with E-state index < -0.39 is 17.8 Å². The van der Waals surface area contributed by atoms with E-state index in [2.05, 4.69) is 0 Å². The number of amides is 2. The van der Waals surface area contributed by atoms with Crippen molar-refractivity contribution < 1.29 is 23.9 Å². The van der Waals surface area contributed by atoms with Crippen LogP contribution >= 0.6 is 11.6 Å². The first-order chi connectivity index (χ1) is 14.5. The van der Waals surface area contributed by atoms with E-state index in [0.29, 0.717) is 17.2 Å². The van der Waals surface area contributed by atoms with Crippen LogP contribution in [0.5, 0.6) is 11.5 Å². The monoisotopic (exact) mass is 421 g/mol. The zero-order valence-electron chi connectivity index (χ0n) is 15.9. The molecule has 0 atom stereocenters. The standard InChI is InChI=1S/C23H16ClNO5/c1-2-29-23(28)14-8-10-17-18(12-14)22(27)25(21(17)26)15-9-11-20(19(24)13-15)30-16-6-4-3-5-7-16/h3-13H,2H2,1H3. The van der Waals surface area contributed by atoms with Crippen molar-refractivity contribution in [2.24, 2.45) is 0 Å². The second-order valence-corrected chi connectivity index (χ2v) is 6.86. The number of hydrogen-bond donors (Lipinski definition) is 0. The Morgan fingerprint density at radius 2 is 1.67 bits per heavy atom. The maximum Gasteiger partial charge on any atom is 0.338 e. The quantitative estimate of drug-likeness (QED) is 0.423. The van der Waals surface area contributed by atoms with E-state index in [0.717, 1.165) is 4.90 Å². The third-order valence-electron chi connectivity index (χ3n) is 4.54. The molecule has 1 aliphatic heterocycles. The van der Waals surface area contributed by atoms with Crippen LogP contribution in [0.2, 0.25) is 5.02 Å². The van der Waals surface area contributed by atoms with Gasteiger partial charge >= 0.3 is 5.97 Å². The van der Waals surface area contributed by atoms with Gasteiger partial charge in [0.2, 0.25) is 0 Å². The van der Waals surface area contributed by atoms with Gasteiger partial charge in [0.25, 0.3) is 11.8 Å². The molecule has 1 heterocycles. The summed E-state index contributed by atoms with van der Waals surface area (Å²) in [5.41, 5.74) is 0.882. The van der Waals surface area contributed by atoms with Gasteiger partial charge in [-0.05, 0) is 55.5 Å². The maximum atomic E-state index is 12.9. The van der Waals surface area contributed by atoms with E-state index in [4.69, 9.17) is 21.1 Å². The van der Waals surface area contributed by atoms with Gasteiger partial charge in [0, 0.05) is 0 Å². The lowest BCUT2D eigenvalue weighted by Gasteiger charge is -2.15. The molecule has 150 valence electrons. The number of ether oxygens (including phenoxy) is 2. The molecule has 0 saturated carbocycles. The molecule has 3 aromatic rings. The van der Waals surface area contributed by atoms with Crippen molar-refractivity contribution in [3.05, 3.63) is 88.4 Å². The van der Waals surface area contributed by atoms with Crippen LogP contribution in [0.3, 0.4) is 0 Å². The van der Waals surface area contributed by atoms with Gasteiger partial charge in [-0.2, -0.15) is 0 Å². The molecular weight excluding hydrogens is 406 g/mol. The highest BCUT2D eigenvalue weighted by Crippen LogP contribution is 2.36. The van der Waals surface area contributed by atoms with Gasteiger partial charge in [0.15, 0.2) is 0 Å². The summed E-state index contributed by atoms with van der Waals surface area (Å²) in [5, 5.41) is 0.250. The fourth-order valence-electron chi connectivity index (χ4n) is 3.14. The van der Waals surface area contributed by atoms with Gasteiger partial charge in [0.05, 0.1) is 34.0 Å². The van der Waals surface area contributed by atoms with Crippen LogP contribution in [0, 0.1) is 0 Å². The summed E-state index contributed by atoms with van der Waals surface area (Å²) in [5.74, 6) is -0.566. The summed E-state index contributed by atoms with van der Waals surface area (Å²) in [7, 11) is 0. The molecule has 1 aliphatic rings. The first-order valence-corrected chi connectivity index (χ1v) is 9.60. The molecule has 3 aromatic carbocycles. The normalized spacial score (nSPS) is 12.7. The fourth-order valence-corrected chi connectivity index (χ4v) is 3.36. The van der Waals surface area contributed by atoms with Crippen LogP contribution in [0.15, 0.2) is 66.7 Å². The summed E-state index contributed by atoms with van der Waals surface area (Å²) < 4.78 is 10.7. The van der Waals surface area contributed by atoms with Gasteiger partial charge in [0.1, 0.15) is 11.5 Å². The number of nitrogens with zero attached hydrogens (tertiary/aromatic N) is 1. The lowest BCUT2D eigenvalue weighted by molar-refractivity contribution is 0.0526. The minimum absolute atomic E-state index is 0.145. The number of para-hydroxylation sites is 1. The largest absolute Gasteiger partial charge is 0.462 e. The van der Waals surface area contributed by atoms with Gasteiger partial charge < -0.3 is 9.47 Å². The molecule has 0 fully saturated rings. The Kier molecular flexibility index (Phi) is 5.25. The second kappa shape index (κ2) is 8.00. The summed E-state index contributed by atoms with van der Waals surface area (Å²) in [4.78, 5) is 38.7. The molecule has 0 spiro atoms. The Morgan fingerprint density at radius 3 is 2.37 bits per heavy atom. The van der Waals surface area contributed by atoms with Crippen LogP contribution in [-0.2, 0) is 4.74 Å². The Hall–Kier alpha value is -3.64. The minimum Gasteiger partial charge on any atom is -0.462 e. The third-order valence-corrected chi connectivity index (χ3v) is 4.84. The predicted octanol–water partition coefficient (Wildman–Crippen LogP) is 5.11. The number of halogens is 1. The number of imide groups is 1. The van der Waals surface area contributed by atoms with Crippen molar-refractivity contribution in [3.8, 4) is 11.5 Å². The molecule has 4 rings (SSSR count). The molecular formula is C23H16ClNO5. The van der Waals surface area contributed by atoms with Crippen LogP contribution in [-0.4, -0.2) is 24.4 Å².